The van der Waals surface area contributed by atoms with Crippen LogP contribution in [0, 0.1) is 0 Å². The van der Waals surface area contributed by atoms with Gasteiger partial charge in [-0.05, 0) is 38.7 Å². The number of hydrogen-bond donors (Lipinski definition) is 0. The van der Waals surface area contributed by atoms with Crippen molar-refractivity contribution in [3.63, 3.8) is 0 Å². The third-order valence-electron chi connectivity index (χ3n) is 5.49. The van der Waals surface area contributed by atoms with Crippen molar-refractivity contribution >= 4 is 33.2 Å². The largest absolute Gasteiger partial charge is 0.412 e. The van der Waals surface area contributed by atoms with Crippen molar-refractivity contribution in [2.75, 3.05) is 0 Å². The van der Waals surface area contributed by atoms with E-state index in [2.05, 4.69) is 66.7 Å². The van der Waals surface area contributed by atoms with Gasteiger partial charge in [-0.25, -0.2) is 5.01 Å². The summed E-state index contributed by atoms with van der Waals surface area (Å²) in [7, 11) is 0. The van der Waals surface area contributed by atoms with Gasteiger partial charge in [0.2, 0.25) is 5.91 Å². The molecule has 29 heavy (non-hydrogen) atoms. The monoisotopic (exact) mass is 382 g/mol. The van der Waals surface area contributed by atoms with E-state index in [4.69, 9.17) is 5.10 Å². The van der Waals surface area contributed by atoms with Crippen molar-refractivity contribution in [2.45, 2.75) is 19.4 Å². The normalized spacial score (nSPS) is 16.0. The molecule has 4 heteroatoms. The lowest BCUT2D eigenvalue weighted by molar-refractivity contribution is -0.130. The molecule has 0 saturated heterocycles. The number of hydrazone groups is 1. The van der Waals surface area contributed by atoms with E-state index in [0.29, 0.717) is 6.42 Å². The number of rotatable bonds is 2. The number of carbonyl (C=O) groups excluding carboxylic acids is 1. The molecular formula is C25H22N2O2. The van der Waals surface area contributed by atoms with E-state index in [-0.39, 0.29) is 17.4 Å². The van der Waals surface area contributed by atoms with Crippen molar-refractivity contribution in [1.29, 1.82) is 0 Å². The first-order valence-corrected chi connectivity index (χ1v) is 9.55. The lowest BCUT2D eigenvalue weighted by Gasteiger charge is -2.24. The number of fused-ring (bicyclic) bond motifs is 2. The Morgan fingerprint density at radius 1 is 0.862 bits per heavy atom. The maximum atomic E-state index is 12.5. The molecule has 0 aliphatic carbocycles. The van der Waals surface area contributed by atoms with Gasteiger partial charge in [-0.2, -0.15) is 5.10 Å². The van der Waals surface area contributed by atoms with E-state index in [1.165, 1.54) is 27.1 Å². The van der Waals surface area contributed by atoms with E-state index in [9.17, 15) is 4.79 Å². The van der Waals surface area contributed by atoms with Crippen LogP contribution in [-0.2, 0) is 4.79 Å². The van der Waals surface area contributed by atoms with Crippen LogP contribution in [0.25, 0.3) is 21.5 Å². The molecule has 1 amide bonds. The Morgan fingerprint density at radius 2 is 1.41 bits per heavy atom. The second kappa shape index (κ2) is 7.49. The molecule has 4 nitrogen and oxygen atoms in total. The molecule has 2 N–H and O–H groups in total. The van der Waals surface area contributed by atoms with Gasteiger partial charge in [0.05, 0.1) is 11.8 Å². The van der Waals surface area contributed by atoms with Crippen LogP contribution >= 0.6 is 0 Å². The highest BCUT2D eigenvalue weighted by Gasteiger charge is 2.33. The summed E-state index contributed by atoms with van der Waals surface area (Å²) in [6.07, 6.45) is 0.710. The summed E-state index contributed by atoms with van der Waals surface area (Å²) in [6, 6.07) is 29.1. The number of benzene rings is 4. The Bertz CT molecular complexity index is 1180. The van der Waals surface area contributed by atoms with Crippen molar-refractivity contribution in [3.05, 3.63) is 96.1 Å². The summed E-state index contributed by atoms with van der Waals surface area (Å²) in [4.78, 5) is 12.5. The minimum Gasteiger partial charge on any atom is -0.412 e. The van der Waals surface area contributed by atoms with Gasteiger partial charge in [0, 0.05) is 13.3 Å². The van der Waals surface area contributed by atoms with Gasteiger partial charge < -0.3 is 5.48 Å². The first-order valence-electron chi connectivity index (χ1n) is 9.55. The van der Waals surface area contributed by atoms with Crippen molar-refractivity contribution in [1.82, 2.24) is 5.01 Å². The SMILES string of the molecule is CC(=O)N1N=C(c2ccccc2)C[C@H]1c1c2ccccc2cc2ccccc12.O. The number of carbonyl (C=O) groups is 1. The molecule has 0 saturated carbocycles. The summed E-state index contributed by atoms with van der Waals surface area (Å²) in [5.74, 6) is -0.0343. The fourth-order valence-electron chi connectivity index (χ4n) is 4.24. The number of amides is 1. The topological polar surface area (TPSA) is 64.2 Å². The van der Waals surface area contributed by atoms with Gasteiger partial charge in [-0.3, -0.25) is 4.79 Å². The fraction of sp³-hybridized carbons (Fsp3) is 0.120. The zero-order chi connectivity index (χ0) is 19.1. The summed E-state index contributed by atoms with van der Waals surface area (Å²) in [5.41, 5.74) is 3.21. The van der Waals surface area contributed by atoms with Gasteiger partial charge in [0.15, 0.2) is 0 Å². The van der Waals surface area contributed by atoms with Crippen LogP contribution < -0.4 is 0 Å². The molecule has 0 fully saturated rings. The minimum atomic E-state index is -0.108. The number of hydrogen-bond acceptors (Lipinski definition) is 2. The van der Waals surface area contributed by atoms with Gasteiger partial charge in [0.25, 0.3) is 0 Å². The molecule has 1 heterocycles. The first-order chi connectivity index (χ1) is 13.7. The molecule has 0 bridgehead atoms. The maximum absolute atomic E-state index is 12.5. The van der Waals surface area contributed by atoms with E-state index >= 15 is 0 Å². The Hall–Kier alpha value is -3.50. The summed E-state index contributed by atoms with van der Waals surface area (Å²) in [5, 5.41) is 11.1. The predicted octanol–water partition coefficient (Wildman–Crippen LogP) is 4.87. The second-order valence-corrected chi connectivity index (χ2v) is 7.23. The molecule has 0 unspecified atom stereocenters. The van der Waals surface area contributed by atoms with Crippen LogP contribution in [-0.4, -0.2) is 22.1 Å². The number of nitrogens with zero attached hydrogens (tertiary/aromatic N) is 2. The fourth-order valence-corrected chi connectivity index (χ4v) is 4.24. The average Bonchev–Trinajstić information content (AvgIpc) is 3.18. The molecule has 1 aliphatic rings. The summed E-state index contributed by atoms with van der Waals surface area (Å²) >= 11 is 0. The van der Waals surface area contributed by atoms with E-state index in [1.807, 2.05) is 18.2 Å². The van der Waals surface area contributed by atoms with Crippen LogP contribution in [0.5, 0.6) is 0 Å². The Kier molecular flexibility index (Phi) is 4.87. The van der Waals surface area contributed by atoms with Crippen molar-refractivity contribution in [2.24, 2.45) is 5.10 Å². The van der Waals surface area contributed by atoms with Crippen LogP contribution in [0.2, 0.25) is 0 Å². The second-order valence-electron chi connectivity index (χ2n) is 7.23. The molecule has 1 aliphatic heterocycles. The smallest absolute Gasteiger partial charge is 0.240 e. The highest BCUT2D eigenvalue weighted by Crippen LogP contribution is 2.40. The molecule has 144 valence electrons. The molecule has 0 radical (unpaired) electrons. The third kappa shape index (κ3) is 3.18. The van der Waals surface area contributed by atoms with Crippen LogP contribution in [0.3, 0.4) is 0 Å². The highest BCUT2D eigenvalue weighted by atomic mass is 16.2. The van der Waals surface area contributed by atoms with Crippen molar-refractivity contribution < 1.29 is 10.3 Å². The average molecular weight is 382 g/mol. The van der Waals surface area contributed by atoms with Gasteiger partial charge >= 0.3 is 0 Å². The zero-order valence-electron chi connectivity index (χ0n) is 16.2. The molecule has 4 aromatic rings. The lowest BCUT2D eigenvalue weighted by Crippen LogP contribution is -2.24. The zero-order valence-corrected chi connectivity index (χ0v) is 16.2. The quantitative estimate of drug-likeness (QED) is 0.456. The Balaban J connectivity index is 0.00000205. The molecule has 4 aromatic carbocycles. The third-order valence-corrected chi connectivity index (χ3v) is 5.49. The maximum Gasteiger partial charge on any atom is 0.240 e. The highest BCUT2D eigenvalue weighted by molar-refractivity contribution is 6.06. The van der Waals surface area contributed by atoms with E-state index in [1.54, 1.807) is 11.9 Å². The van der Waals surface area contributed by atoms with Crippen LogP contribution in [0.4, 0.5) is 0 Å². The van der Waals surface area contributed by atoms with Gasteiger partial charge in [-0.15, -0.1) is 0 Å². The standard InChI is InChI=1S/C25H20N2O.H2O/c1-17(28)27-24(16-23(26-27)18-9-3-2-4-10-18)25-21-13-7-5-11-19(21)15-20-12-6-8-14-22(20)25;/h2-15,24H,16H2,1H3;1H2/t24-;/m0./s1. The van der Waals surface area contributed by atoms with E-state index < -0.39 is 0 Å². The molecule has 0 aromatic heterocycles. The predicted molar refractivity (Wildman–Crippen MR) is 118 cm³/mol. The van der Waals surface area contributed by atoms with Gasteiger partial charge in [-0.1, -0.05) is 78.9 Å². The molecule has 1 atom stereocenters. The summed E-state index contributed by atoms with van der Waals surface area (Å²) in [6.45, 7) is 1.59. The lowest BCUT2D eigenvalue weighted by atomic mass is 9.89. The minimum absolute atomic E-state index is 0. The van der Waals surface area contributed by atoms with Crippen LogP contribution in [0.15, 0.2) is 90.0 Å². The van der Waals surface area contributed by atoms with E-state index in [0.717, 1.165) is 11.3 Å². The Labute approximate surface area is 169 Å². The van der Waals surface area contributed by atoms with Crippen molar-refractivity contribution in [3.8, 4) is 0 Å². The van der Waals surface area contributed by atoms with Crippen LogP contribution in [0.1, 0.15) is 30.5 Å². The van der Waals surface area contributed by atoms with Gasteiger partial charge in [0.1, 0.15) is 0 Å². The first kappa shape index (κ1) is 18.8. The molecule has 5 rings (SSSR count). The molecule has 0 spiro atoms. The summed E-state index contributed by atoms with van der Waals surface area (Å²) < 4.78 is 0. The molecular weight excluding hydrogens is 360 g/mol. The Morgan fingerprint density at radius 3 is 2.00 bits per heavy atom.